The van der Waals surface area contributed by atoms with E-state index in [1.165, 1.54) is 12.4 Å². The fourth-order valence-corrected chi connectivity index (χ4v) is 1.55. The highest BCUT2D eigenvalue weighted by molar-refractivity contribution is 5.96. The van der Waals surface area contributed by atoms with Gasteiger partial charge in [-0.25, -0.2) is 0 Å². The average molecular weight is 271 g/mol. The Balaban J connectivity index is 2.11. The van der Waals surface area contributed by atoms with Gasteiger partial charge in [0.15, 0.2) is 5.82 Å². The van der Waals surface area contributed by atoms with E-state index >= 15 is 0 Å². The number of aliphatic hydroxyl groups excluding tert-OH is 1. The predicted molar refractivity (Wildman–Crippen MR) is 70.4 cm³/mol. The lowest BCUT2D eigenvalue weighted by Crippen LogP contribution is -2.25. The maximum absolute atomic E-state index is 12.1. The fourth-order valence-electron chi connectivity index (χ4n) is 1.55. The fraction of sp³-hybridized carbons (Fsp3) is 0.231. The van der Waals surface area contributed by atoms with Crippen LogP contribution in [-0.2, 0) is 13.6 Å². The van der Waals surface area contributed by atoms with Crippen LogP contribution < -0.4 is 5.32 Å². The summed E-state index contributed by atoms with van der Waals surface area (Å²) in [5.74, 6) is 5.56. The normalized spacial score (nSPS) is 9.70. The second kappa shape index (κ2) is 6.45. The van der Waals surface area contributed by atoms with Crippen molar-refractivity contribution in [3.8, 4) is 11.8 Å². The van der Waals surface area contributed by atoms with Crippen LogP contribution in [0.4, 0.5) is 0 Å². The summed E-state index contributed by atoms with van der Waals surface area (Å²) in [5.41, 5.74) is 0.875. The number of aliphatic hydroxyl groups is 1. The van der Waals surface area contributed by atoms with E-state index in [4.69, 9.17) is 5.11 Å². The molecule has 0 radical (unpaired) electrons. The lowest BCUT2D eigenvalue weighted by molar-refractivity contribution is 0.0949. The van der Waals surface area contributed by atoms with E-state index in [-0.39, 0.29) is 19.1 Å². The molecule has 102 valence electrons. The van der Waals surface area contributed by atoms with Crippen LogP contribution in [0.25, 0.3) is 0 Å². The van der Waals surface area contributed by atoms with Crippen molar-refractivity contribution in [2.24, 2.45) is 7.05 Å². The molecule has 0 saturated heterocycles. The first-order chi connectivity index (χ1) is 9.72. The van der Waals surface area contributed by atoms with Gasteiger partial charge in [0.25, 0.3) is 5.91 Å². The number of nitrogens with zero attached hydrogens (tertiary/aromatic N) is 4. The summed E-state index contributed by atoms with van der Waals surface area (Å²) >= 11 is 0. The Labute approximate surface area is 115 Å². The molecule has 2 aromatic rings. The molecule has 0 fully saturated rings. The summed E-state index contributed by atoms with van der Waals surface area (Å²) in [5, 5.41) is 19.1. The van der Waals surface area contributed by atoms with E-state index in [2.05, 4.69) is 32.3 Å². The Hall–Kier alpha value is -2.72. The van der Waals surface area contributed by atoms with Crippen molar-refractivity contribution in [2.45, 2.75) is 6.54 Å². The zero-order chi connectivity index (χ0) is 14.4. The number of hydrogen-bond donors (Lipinski definition) is 2. The van der Waals surface area contributed by atoms with Crippen LogP contribution in [0.3, 0.4) is 0 Å². The van der Waals surface area contributed by atoms with Crippen molar-refractivity contribution in [1.82, 2.24) is 25.1 Å². The highest BCUT2D eigenvalue weighted by Gasteiger charge is 2.11. The Morgan fingerprint density at radius 3 is 3.10 bits per heavy atom. The number of carbonyl (C=O) groups excluding carboxylic acids is 1. The van der Waals surface area contributed by atoms with Gasteiger partial charge in [-0.15, -0.1) is 10.2 Å². The zero-order valence-electron chi connectivity index (χ0n) is 10.9. The van der Waals surface area contributed by atoms with Gasteiger partial charge < -0.3 is 15.0 Å². The molecule has 1 amide bonds. The van der Waals surface area contributed by atoms with Crippen LogP contribution in [0.15, 0.2) is 24.8 Å². The molecular formula is C13H13N5O2. The molecule has 7 nitrogen and oxygen atoms in total. The van der Waals surface area contributed by atoms with Crippen LogP contribution in [0.1, 0.15) is 21.7 Å². The van der Waals surface area contributed by atoms with Gasteiger partial charge in [-0.1, -0.05) is 11.8 Å². The minimum absolute atomic E-state index is 0.268. The number of aryl methyl sites for hydroxylation is 1. The van der Waals surface area contributed by atoms with E-state index in [0.29, 0.717) is 17.0 Å². The third-order valence-electron chi connectivity index (χ3n) is 2.58. The van der Waals surface area contributed by atoms with Gasteiger partial charge >= 0.3 is 0 Å². The van der Waals surface area contributed by atoms with Gasteiger partial charge in [-0.3, -0.25) is 9.78 Å². The van der Waals surface area contributed by atoms with Gasteiger partial charge in [0.05, 0.1) is 17.7 Å². The number of hydrogen-bond acceptors (Lipinski definition) is 5. The summed E-state index contributed by atoms with van der Waals surface area (Å²) in [6.45, 7) is -0.000578. The number of nitrogens with one attached hydrogen (secondary N) is 1. The van der Waals surface area contributed by atoms with Crippen molar-refractivity contribution < 1.29 is 9.90 Å². The van der Waals surface area contributed by atoms with Gasteiger partial charge in [-0.05, 0) is 6.07 Å². The van der Waals surface area contributed by atoms with Crippen molar-refractivity contribution in [2.75, 3.05) is 6.61 Å². The lowest BCUT2D eigenvalue weighted by Gasteiger charge is -2.06. The van der Waals surface area contributed by atoms with Crippen LogP contribution >= 0.6 is 0 Å². The number of aromatic nitrogens is 4. The maximum Gasteiger partial charge on any atom is 0.253 e. The van der Waals surface area contributed by atoms with Crippen molar-refractivity contribution in [3.05, 3.63) is 41.7 Å². The minimum Gasteiger partial charge on any atom is -0.384 e. The highest BCUT2D eigenvalue weighted by atomic mass is 16.2. The first-order valence-electron chi connectivity index (χ1n) is 5.87. The first kappa shape index (κ1) is 13.7. The topological polar surface area (TPSA) is 92.9 Å². The van der Waals surface area contributed by atoms with Gasteiger partial charge in [0.2, 0.25) is 0 Å². The summed E-state index contributed by atoms with van der Waals surface area (Å²) in [7, 11) is 1.80. The number of carbonyl (C=O) groups is 1. The van der Waals surface area contributed by atoms with Gasteiger partial charge in [-0.2, -0.15) is 0 Å². The van der Waals surface area contributed by atoms with Crippen LogP contribution in [0, 0.1) is 11.8 Å². The molecule has 0 saturated carbocycles. The minimum atomic E-state index is -0.280. The molecule has 0 aliphatic heterocycles. The van der Waals surface area contributed by atoms with E-state index in [1.54, 1.807) is 24.0 Å². The molecule has 0 spiro atoms. The molecule has 0 aromatic carbocycles. The van der Waals surface area contributed by atoms with Gasteiger partial charge in [0, 0.05) is 19.4 Å². The van der Waals surface area contributed by atoms with Crippen LogP contribution in [0.2, 0.25) is 0 Å². The summed E-state index contributed by atoms with van der Waals surface area (Å²) in [6.07, 6.45) is 4.56. The molecule has 0 aliphatic rings. The van der Waals surface area contributed by atoms with Crippen molar-refractivity contribution >= 4 is 5.91 Å². The Morgan fingerprint density at radius 2 is 2.40 bits per heavy atom. The smallest absolute Gasteiger partial charge is 0.253 e. The molecule has 2 heterocycles. The average Bonchev–Trinajstić information content (AvgIpc) is 2.88. The molecule has 2 N–H and O–H groups in total. The number of pyridine rings is 1. The standard InChI is InChI=1S/C13H13N5O2/c1-18-9-16-17-12(18)8-15-13(20)11-4-5-14-7-10(11)3-2-6-19/h4-5,7,9,19H,6,8H2,1H3,(H,15,20). The Bertz CT molecular complexity index is 669. The SMILES string of the molecule is Cn1cnnc1CNC(=O)c1ccncc1C#CCO. The molecule has 0 atom stereocenters. The molecule has 2 aromatic heterocycles. The quantitative estimate of drug-likeness (QED) is 0.733. The Morgan fingerprint density at radius 1 is 1.55 bits per heavy atom. The highest BCUT2D eigenvalue weighted by Crippen LogP contribution is 2.05. The molecule has 0 unspecified atom stereocenters. The Kier molecular flexibility index (Phi) is 4.42. The molecule has 20 heavy (non-hydrogen) atoms. The summed E-state index contributed by atoms with van der Waals surface area (Å²) < 4.78 is 1.72. The van der Waals surface area contributed by atoms with Gasteiger partial charge in [0.1, 0.15) is 12.9 Å². The molecule has 0 bridgehead atoms. The molecular weight excluding hydrogens is 258 g/mol. The number of amides is 1. The van der Waals surface area contributed by atoms with E-state index < -0.39 is 0 Å². The third-order valence-corrected chi connectivity index (χ3v) is 2.58. The lowest BCUT2D eigenvalue weighted by atomic mass is 10.1. The maximum atomic E-state index is 12.1. The molecule has 7 heteroatoms. The van der Waals surface area contributed by atoms with E-state index in [0.717, 1.165) is 0 Å². The first-order valence-corrected chi connectivity index (χ1v) is 5.87. The molecule has 0 aliphatic carbocycles. The van der Waals surface area contributed by atoms with E-state index in [9.17, 15) is 4.79 Å². The van der Waals surface area contributed by atoms with E-state index in [1.807, 2.05) is 0 Å². The number of rotatable bonds is 3. The van der Waals surface area contributed by atoms with Crippen molar-refractivity contribution in [1.29, 1.82) is 0 Å². The monoisotopic (exact) mass is 271 g/mol. The predicted octanol–water partition coefficient (Wildman–Crippen LogP) is -0.516. The zero-order valence-corrected chi connectivity index (χ0v) is 10.9. The summed E-state index contributed by atoms with van der Waals surface area (Å²) in [6, 6.07) is 1.58. The largest absolute Gasteiger partial charge is 0.384 e. The second-order valence-corrected chi connectivity index (χ2v) is 3.92. The molecule has 2 rings (SSSR count). The van der Waals surface area contributed by atoms with Crippen molar-refractivity contribution in [3.63, 3.8) is 0 Å². The second-order valence-electron chi connectivity index (χ2n) is 3.92. The third kappa shape index (κ3) is 3.18. The van der Waals surface area contributed by atoms with Crippen LogP contribution in [0.5, 0.6) is 0 Å². The summed E-state index contributed by atoms with van der Waals surface area (Å²) in [4.78, 5) is 16.0. The van der Waals surface area contributed by atoms with Crippen LogP contribution in [-0.4, -0.2) is 37.4 Å².